The molecule has 1 saturated heterocycles. The summed E-state index contributed by atoms with van der Waals surface area (Å²) < 4.78 is 11.7. The van der Waals surface area contributed by atoms with Gasteiger partial charge in [0, 0.05) is 17.9 Å². The van der Waals surface area contributed by atoms with E-state index in [4.69, 9.17) is 9.47 Å². The summed E-state index contributed by atoms with van der Waals surface area (Å²) in [5.74, 6) is -0.0743. The van der Waals surface area contributed by atoms with Crippen molar-refractivity contribution in [2.24, 2.45) is 17.3 Å². The molecule has 8 heteroatoms. The largest absolute Gasteiger partial charge is 0.396 e. The van der Waals surface area contributed by atoms with Crippen LogP contribution >= 0.6 is 0 Å². The van der Waals surface area contributed by atoms with E-state index in [9.17, 15) is 30.6 Å². The molecule has 0 bridgehead atoms. The highest BCUT2D eigenvalue weighted by atomic mass is 16.7. The van der Waals surface area contributed by atoms with E-state index < -0.39 is 48.3 Å². The molecule has 2 fully saturated rings. The SMILES string of the molecule is CC(CO)C1=CCC2(C)C(OC3OC(CO)C(O)C(O)C3O)CCC(C)(O)C2C1. The minimum Gasteiger partial charge on any atom is -0.396 e. The number of rotatable bonds is 5. The lowest BCUT2D eigenvalue weighted by Crippen LogP contribution is -2.62. The molecule has 168 valence electrons. The third-order valence-electron chi connectivity index (χ3n) is 7.49. The van der Waals surface area contributed by atoms with Crippen molar-refractivity contribution >= 4 is 0 Å². The van der Waals surface area contributed by atoms with Gasteiger partial charge in [0.25, 0.3) is 0 Å². The topological polar surface area (TPSA) is 140 Å². The van der Waals surface area contributed by atoms with Gasteiger partial charge in [0.1, 0.15) is 24.4 Å². The average molecular weight is 417 g/mol. The predicted octanol–water partition coefficient (Wildman–Crippen LogP) is -0.313. The van der Waals surface area contributed by atoms with E-state index in [0.29, 0.717) is 25.7 Å². The van der Waals surface area contributed by atoms with Crippen LogP contribution in [0.15, 0.2) is 11.6 Å². The summed E-state index contributed by atoms with van der Waals surface area (Å²) in [6, 6.07) is 0. The number of allylic oxidation sites excluding steroid dienone is 1. The standard InChI is InChI=1S/C21H36O8/c1-11(9-22)12-4-6-20(2)14(8-12)21(3,27)7-5-15(20)29-19-18(26)17(25)16(24)13(10-23)28-19/h4,11,13-19,22-27H,5-10H2,1-3H3. The molecule has 1 aliphatic heterocycles. The van der Waals surface area contributed by atoms with E-state index in [-0.39, 0.29) is 24.5 Å². The Morgan fingerprint density at radius 3 is 2.48 bits per heavy atom. The molecular formula is C21H36O8. The van der Waals surface area contributed by atoms with E-state index in [1.54, 1.807) is 0 Å². The molecule has 1 heterocycles. The summed E-state index contributed by atoms with van der Waals surface area (Å²) in [4.78, 5) is 0. The molecule has 1 saturated carbocycles. The Hall–Kier alpha value is -0.580. The van der Waals surface area contributed by atoms with E-state index >= 15 is 0 Å². The zero-order valence-corrected chi connectivity index (χ0v) is 17.4. The van der Waals surface area contributed by atoms with Crippen LogP contribution in [0.1, 0.15) is 46.5 Å². The third kappa shape index (κ3) is 4.14. The van der Waals surface area contributed by atoms with Gasteiger partial charge in [0.05, 0.1) is 18.3 Å². The van der Waals surface area contributed by atoms with E-state index in [0.717, 1.165) is 5.57 Å². The number of hydrogen-bond acceptors (Lipinski definition) is 8. The van der Waals surface area contributed by atoms with Crippen molar-refractivity contribution in [3.05, 3.63) is 11.6 Å². The maximum atomic E-state index is 11.1. The number of fused-ring (bicyclic) bond motifs is 1. The lowest BCUT2D eigenvalue weighted by Gasteiger charge is -2.56. The van der Waals surface area contributed by atoms with Gasteiger partial charge in [-0.25, -0.2) is 0 Å². The molecule has 10 unspecified atom stereocenters. The fraction of sp³-hybridized carbons (Fsp3) is 0.905. The van der Waals surface area contributed by atoms with E-state index in [1.807, 2.05) is 13.8 Å². The summed E-state index contributed by atoms with van der Waals surface area (Å²) in [6.45, 7) is 5.41. The molecule has 0 aromatic rings. The van der Waals surface area contributed by atoms with Gasteiger partial charge in [0.2, 0.25) is 0 Å². The first-order valence-electron chi connectivity index (χ1n) is 10.5. The Morgan fingerprint density at radius 2 is 1.86 bits per heavy atom. The van der Waals surface area contributed by atoms with Crippen molar-refractivity contribution in [2.45, 2.75) is 88.9 Å². The Kier molecular flexibility index (Phi) is 6.78. The van der Waals surface area contributed by atoms with Crippen molar-refractivity contribution in [3.63, 3.8) is 0 Å². The Balaban J connectivity index is 1.82. The lowest BCUT2D eigenvalue weighted by molar-refractivity contribution is -0.328. The molecule has 3 aliphatic rings. The Morgan fingerprint density at radius 1 is 1.17 bits per heavy atom. The second-order valence-electron chi connectivity index (χ2n) is 9.55. The van der Waals surface area contributed by atoms with Crippen molar-refractivity contribution in [1.82, 2.24) is 0 Å². The molecule has 0 aromatic carbocycles. The molecule has 29 heavy (non-hydrogen) atoms. The minimum atomic E-state index is -1.48. The van der Waals surface area contributed by atoms with Crippen LogP contribution in [-0.2, 0) is 9.47 Å². The van der Waals surface area contributed by atoms with Gasteiger partial charge in [-0.05, 0) is 38.5 Å². The van der Waals surface area contributed by atoms with E-state index in [2.05, 4.69) is 13.0 Å². The van der Waals surface area contributed by atoms with E-state index in [1.165, 1.54) is 0 Å². The van der Waals surface area contributed by atoms with Crippen LogP contribution in [0.3, 0.4) is 0 Å². The lowest BCUT2D eigenvalue weighted by atomic mass is 9.54. The second-order valence-corrected chi connectivity index (χ2v) is 9.55. The monoisotopic (exact) mass is 416 g/mol. The van der Waals surface area contributed by atoms with Gasteiger partial charge in [0.15, 0.2) is 6.29 Å². The van der Waals surface area contributed by atoms with Crippen molar-refractivity contribution in [3.8, 4) is 0 Å². The van der Waals surface area contributed by atoms with Crippen LogP contribution in [0.2, 0.25) is 0 Å². The zero-order chi connectivity index (χ0) is 21.6. The first-order chi connectivity index (χ1) is 13.5. The van der Waals surface area contributed by atoms with Gasteiger partial charge in [-0.15, -0.1) is 0 Å². The Bertz CT molecular complexity index is 605. The molecule has 8 nitrogen and oxygen atoms in total. The van der Waals surface area contributed by atoms with Gasteiger partial charge >= 0.3 is 0 Å². The molecule has 6 N–H and O–H groups in total. The molecule has 0 spiro atoms. The zero-order valence-electron chi connectivity index (χ0n) is 17.4. The Labute approximate surface area is 171 Å². The highest BCUT2D eigenvalue weighted by Gasteiger charge is 2.56. The summed E-state index contributed by atoms with van der Waals surface area (Å²) in [6.07, 6.45) is -2.43. The van der Waals surface area contributed by atoms with Gasteiger partial charge < -0.3 is 40.1 Å². The van der Waals surface area contributed by atoms with Crippen molar-refractivity contribution in [1.29, 1.82) is 0 Å². The van der Waals surface area contributed by atoms with Gasteiger partial charge in [-0.3, -0.25) is 0 Å². The fourth-order valence-corrected chi connectivity index (χ4v) is 5.34. The van der Waals surface area contributed by atoms with Gasteiger partial charge in [-0.2, -0.15) is 0 Å². The number of aliphatic hydroxyl groups excluding tert-OH is 5. The highest BCUT2D eigenvalue weighted by Crippen LogP contribution is 2.55. The molecule has 0 aromatic heterocycles. The molecule has 10 atom stereocenters. The van der Waals surface area contributed by atoms with Gasteiger partial charge in [-0.1, -0.05) is 25.5 Å². The summed E-state index contributed by atoms with van der Waals surface area (Å²) in [5.41, 5.74) is -0.193. The molecular weight excluding hydrogens is 380 g/mol. The van der Waals surface area contributed by atoms with Crippen molar-refractivity contribution < 1.29 is 40.1 Å². The maximum absolute atomic E-state index is 11.1. The highest BCUT2D eigenvalue weighted by molar-refractivity contribution is 5.20. The van der Waals surface area contributed by atoms with Crippen LogP contribution in [0.5, 0.6) is 0 Å². The third-order valence-corrected chi connectivity index (χ3v) is 7.49. The van der Waals surface area contributed by atoms with Crippen LogP contribution in [0, 0.1) is 17.3 Å². The van der Waals surface area contributed by atoms with Crippen LogP contribution < -0.4 is 0 Å². The maximum Gasteiger partial charge on any atom is 0.186 e. The molecule has 2 aliphatic carbocycles. The molecule has 0 amide bonds. The number of ether oxygens (including phenoxy) is 2. The summed E-state index contributed by atoms with van der Waals surface area (Å²) >= 11 is 0. The quantitative estimate of drug-likeness (QED) is 0.335. The van der Waals surface area contributed by atoms with Crippen molar-refractivity contribution in [2.75, 3.05) is 13.2 Å². The summed E-state index contributed by atoms with van der Waals surface area (Å²) in [7, 11) is 0. The normalized spacial score (nSPS) is 49.3. The fourth-order valence-electron chi connectivity index (χ4n) is 5.34. The van der Waals surface area contributed by atoms with Crippen LogP contribution in [0.4, 0.5) is 0 Å². The predicted molar refractivity (Wildman–Crippen MR) is 104 cm³/mol. The van der Waals surface area contributed by atoms with Crippen LogP contribution in [-0.4, -0.2) is 86.3 Å². The molecule has 3 rings (SSSR count). The molecule has 0 radical (unpaired) electrons. The minimum absolute atomic E-state index is 0.0297. The first kappa shape index (κ1) is 23.1. The summed E-state index contributed by atoms with van der Waals surface area (Å²) in [5, 5.41) is 60.4. The number of aliphatic hydroxyl groups is 6. The second kappa shape index (κ2) is 8.51. The first-order valence-corrected chi connectivity index (χ1v) is 10.5. The smallest absolute Gasteiger partial charge is 0.186 e. The number of hydrogen-bond donors (Lipinski definition) is 6. The average Bonchev–Trinajstić information content (AvgIpc) is 2.69. The van der Waals surface area contributed by atoms with Crippen LogP contribution in [0.25, 0.3) is 0 Å².